The number of methoxy groups -OCH3 is 3. The first kappa shape index (κ1) is 24.2. The molecule has 8 nitrogen and oxygen atoms in total. The Morgan fingerprint density at radius 1 is 0.788 bits per heavy atom. The third kappa shape index (κ3) is 6.54. The molecule has 178 valence electrons. The summed E-state index contributed by atoms with van der Waals surface area (Å²) in [5, 5.41) is 5.83. The van der Waals surface area contributed by atoms with Crippen molar-refractivity contribution in [3.8, 4) is 17.2 Å². The molecule has 1 aliphatic heterocycles. The number of likely N-dealkylation sites (tertiary alicyclic amines) is 1. The summed E-state index contributed by atoms with van der Waals surface area (Å²) >= 11 is 0. The molecule has 0 bridgehead atoms. The van der Waals surface area contributed by atoms with Gasteiger partial charge in [0.1, 0.15) is 0 Å². The molecule has 0 atom stereocenters. The van der Waals surface area contributed by atoms with Gasteiger partial charge in [-0.3, -0.25) is 4.79 Å². The van der Waals surface area contributed by atoms with E-state index in [2.05, 4.69) is 10.6 Å². The largest absolute Gasteiger partial charge is 0.493 e. The van der Waals surface area contributed by atoms with Gasteiger partial charge < -0.3 is 29.7 Å². The van der Waals surface area contributed by atoms with Crippen LogP contribution in [0.15, 0.2) is 36.4 Å². The van der Waals surface area contributed by atoms with Gasteiger partial charge in [-0.05, 0) is 55.2 Å². The number of nitrogens with zero attached hydrogens (tertiary/aromatic N) is 1. The third-order valence-corrected chi connectivity index (χ3v) is 5.72. The lowest BCUT2D eigenvalue weighted by Crippen LogP contribution is -2.35. The molecule has 3 amide bonds. The van der Waals surface area contributed by atoms with Gasteiger partial charge in [0.05, 0.1) is 21.3 Å². The minimum Gasteiger partial charge on any atom is -0.493 e. The topological polar surface area (TPSA) is 89.1 Å². The highest BCUT2D eigenvalue weighted by atomic mass is 16.5. The van der Waals surface area contributed by atoms with Crippen molar-refractivity contribution in [1.29, 1.82) is 0 Å². The molecule has 8 heteroatoms. The van der Waals surface area contributed by atoms with Crippen LogP contribution in [0.25, 0.3) is 0 Å². The number of amides is 3. The minimum atomic E-state index is -0.117. The average Bonchev–Trinajstić information content (AvgIpc) is 3.13. The van der Waals surface area contributed by atoms with Crippen molar-refractivity contribution in [3.63, 3.8) is 0 Å². The van der Waals surface area contributed by atoms with E-state index in [1.807, 2.05) is 11.0 Å². The number of hydrogen-bond acceptors (Lipinski definition) is 5. The Labute approximate surface area is 195 Å². The quantitative estimate of drug-likeness (QED) is 0.603. The maximum Gasteiger partial charge on any atom is 0.321 e. The van der Waals surface area contributed by atoms with Crippen LogP contribution in [0.1, 0.15) is 37.7 Å². The van der Waals surface area contributed by atoms with Crippen molar-refractivity contribution >= 4 is 23.3 Å². The third-order valence-electron chi connectivity index (χ3n) is 5.72. The molecule has 2 N–H and O–H groups in total. The minimum absolute atomic E-state index is 0.0717. The van der Waals surface area contributed by atoms with Crippen molar-refractivity contribution in [2.24, 2.45) is 0 Å². The Morgan fingerprint density at radius 2 is 1.39 bits per heavy atom. The average molecular weight is 456 g/mol. The number of carbonyl (C=O) groups excluding carboxylic acids is 2. The number of ether oxygens (including phenoxy) is 3. The summed E-state index contributed by atoms with van der Waals surface area (Å²) in [6, 6.07) is 10.8. The molecule has 0 aromatic heterocycles. The lowest BCUT2D eigenvalue weighted by Gasteiger charge is -2.20. The number of rotatable bonds is 8. The molecule has 2 aromatic carbocycles. The molecule has 0 spiro atoms. The van der Waals surface area contributed by atoms with Gasteiger partial charge in [0, 0.05) is 30.9 Å². The first-order valence-electron chi connectivity index (χ1n) is 11.3. The van der Waals surface area contributed by atoms with Crippen molar-refractivity contribution in [1.82, 2.24) is 4.90 Å². The van der Waals surface area contributed by atoms with Crippen molar-refractivity contribution in [2.45, 2.75) is 38.5 Å². The van der Waals surface area contributed by atoms with E-state index >= 15 is 0 Å². The lowest BCUT2D eigenvalue weighted by molar-refractivity contribution is -0.116. The number of aryl methyl sites for hydroxylation is 1. The first-order chi connectivity index (χ1) is 16.0. The maximum absolute atomic E-state index is 12.5. The van der Waals surface area contributed by atoms with Gasteiger partial charge in [-0.1, -0.05) is 18.9 Å². The first-order valence-corrected chi connectivity index (χ1v) is 11.3. The van der Waals surface area contributed by atoms with Gasteiger partial charge in [0.15, 0.2) is 11.5 Å². The highest BCUT2D eigenvalue weighted by molar-refractivity contribution is 5.92. The fourth-order valence-corrected chi connectivity index (χ4v) is 3.94. The summed E-state index contributed by atoms with van der Waals surface area (Å²) in [4.78, 5) is 26.8. The van der Waals surface area contributed by atoms with Crippen molar-refractivity contribution in [2.75, 3.05) is 45.1 Å². The Hall–Kier alpha value is -3.42. The monoisotopic (exact) mass is 455 g/mol. The van der Waals surface area contributed by atoms with Crippen LogP contribution in [0, 0.1) is 0 Å². The van der Waals surface area contributed by atoms with Crippen LogP contribution < -0.4 is 24.8 Å². The summed E-state index contributed by atoms with van der Waals surface area (Å²) < 4.78 is 16.2. The molecule has 0 saturated carbocycles. The van der Waals surface area contributed by atoms with Crippen LogP contribution in [0.2, 0.25) is 0 Å². The van der Waals surface area contributed by atoms with Crippen LogP contribution in [-0.2, 0) is 11.2 Å². The molecule has 0 unspecified atom stereocenters. The van der Waals surface area contributed by atoms with E-state index in [1.165, 1.54) is 12.8 Å². The molecule has 2 aromatic rings. The summed E-state index contributed by atoms with van der Waals surface area (Å²) in [5.41, 5.74) is 2.24. The standard InChI is InChI=1S/C25H33N3O5/c1-31-21-14-8-18(23(32-2)24(21)33-3)9-15-22(29)26-19-10-12-20(13-11-19)27-25(30)28-16-6-4-5-7-17-28/h8,10-14H,4-7,9,15-17H2,1-3H3,(H,26,29)(H,27,30). The van der Waals surface area contributed by atoms with Crippen molar-refractivity contribution < 1.29 is 23.8 Å². The molecular formula is C25H33N3O5. The van der Waals surface area contributed by atoms with Gasteiger partial charge >= 0.3 is 6.03 Å². The van der Waals surface area contributed by atoms with Gasteiger partial charge in [-0.15, -0.1) is 0 Å². The molecule has 1 fully saturated rings. The predicted octanol–water partition coefficient (Wildman–Crippen LogP) is 4.69. The van der Waals surface area contributed by atoms with Crippen molar-refractivity contribution in [3.05, 3.63) is 42.0 Å². The molecule has 1 saturated heterocycles. The van der Waals surface area contributed by atoms with E-state index in [9.17, 15) is 9.59 Å². The Morgan fingerprint density at radius 3 is 1.97 bits per heavy atom. The highest BCUT2D eigenvalue weighted by Gasteiger charge is 2.17. The van der Waals surface area contributed by atoms with Crippen LogP contribution in [-0.4, -0.2) is 51.3 Å². The fraction of sp³-hybridized carbons (Fsp3) is 0.440. The SMILES string of the molecule is COc1ccc(CCC(=O)Nc2ccc(NC(=O)N3CCCCCC3)cc2)c(OC)c1OC. The number of nitrogens with one attached hydrogen (secondary N) is 2. The molecule has 33 heavy (non-hydrogen) atoms. The van der Waals surface area contributed by atoms with Gasteiger partial charge in [-0.2, -0.15) is 0 Å². The van der Waals surface area contributed by atoms with Crippen LogP contribution in [0.5, 0.6) is 17.2 Å². The van der Waals surface area contributed by atoms with E-state index in [1.54, 1.807) is 51.7 Å². The van der Waals surface area contributed by atoms with Crippen LogP contribution in [0.3, 0.4) is 0 Å². The summed E-state index contributed by atoms with van der Waals surface area (Å²) in [7, 11) is 4.68. The van der Waals surface area contributed by atoms with Crippen LogP contribution >= 0.6 is 0 Å². The lowest BCUT2D eigenvalue weighted by atomic mass is 10.1. The Balaban J connectivity index is 1.53. The zero-order valence-electron chi connectivity index (χ0n) is 19.6. The number of benzene rings is 2. The molecule has 1 heterocycles. The summed E-state index contributed by atoms with van der Waals surface area (Å²) in [6.45, 7) is 1.59. The van der Waals surface area contributed by atoms with E-state index in [4.69, 9.17) is 14.2 Å². The van der Waals surface area contributed by atoms with Gasteiger partial charge in [0.2, 0.25) is 11.7 Å². The number of carbonyl (C=O) groups is 2. The van der Waals surface area contributed by atoms with Crippen LogP contribution in [0.4, 0.5) is 16.2 Å². The smallest absolute Gasteiger partial charge is 0.321 e. The number of anilines is 2. The molecule has 1 aliphatic rings. The summed E-state index contributed by atoms with van der Waals surface area (Å²) in [5.74, 6) is 1.53. The molecule has 3 rings (SSSR count). The van der Waals surface area contributed by atoms with Gasteiger partial charge in [0.25, 0.3) is 0 Å². The summed E-state index contributed by atoms with van der Waals surface area (Å²) in [6.07, 6.45) is 5.22. The second-order valence-corrected chi connectivity index (χ2v) is 7.95. The molecular weight excluding hydrogens is 422 g/mol. The fourth-order valence-electron chi connectivity index (χ4n) is 3.94. The maximum atomic E-state index is 12.5. The Bertz CT molecular complexity index is 938. The highest BCUT2D eigenvalue weighted by Crippen LogP contribution is 2.40. The second-order valence-electron chi connectivity index (χ2n) is 7.95. The second kappa shape index (κ2) is 12.0. The molecule has 0 radical (unpaired) electrons. The normalized spacial score (nSPS) is 13.6. The van der Waals surface area contributed by atoms with Gasteiger partial charge in [-0.25, -0.2) is 4.79 Å². The van der Waals surface area contributed by atoms with E-state index < -0.39 is 0 Å². The van der Waals surface area contributed by atoms with E-state index in [-0.39, 0.29) is 18.4 Å². The predicted molar refractivity (Wildman–Crippen MR) is 129 cm³/mol. The van der Waals surface area contributed by atoms with E-state index in [0.29, 0.717) is 35.0 Å². The van der Waals surface area contributed by atoms with E-state index in [0.717, 1.165) is 31.5 Å². The zero-order valence-corrected chi connectivity index (χ0v) is 19.6. The zero-order chi connectivity index (χ0) is 23.6. The number of urea groups is 1. The Kier molecular flexibility index (Phi) is 8.80. The number of hydrogen-bond donors (Lipinski definition) is 2. The molecule has 0 aliphatic carbocycles.